The molecule has 0 bridgehead atoms. The van der Waals surface area contributed by atoms with Gasteiger partial charge in [-0.2, -0.15) is 0 Å². The fourth-order valence-corrected chi connectivity index (χ4v) is 1.95. The van der Waals surface area contributed by atoms with Gasteiger partial charge in [-0.3, -0.25) is 0 Å². The van der Waals surface area contributed by atoms with E-state index in [1.54, 1.807) is 0 Å². The van der Waals surface area contributed by atoms with Crippen LogP contribution in [0, 0.1) is 0 Å². The highest BCUT2D eigenvalue weighted by atomic mass is 16.1. The Balaban J connectivity index is 2.29. The number of aromatic amines is 1. The summed E-state index contributed by atoms with van der Waals surface area (Å²) in [6, 6.07) is 2.16. The molecule has 70 valence electrons. The number of carbonyl (C=O) groups is 1. The van der Waals surface area contributed by atoms with Crippen LogP contribution in [0.1, 0.15) is 42.6 Å². The molecule has 1 heterocycles. The Morgan fingerprint density at radius 2 is 2.23 bits per heavy atom. The summed E-state index contributed by atoms with van der Waals surface area (Å²) >= 11 is 0. The number of H-pyrrole nitrogens is 1. The molecule has 1 aromatic rings. The molecule has 0 amide bonds. The predicted octanol–water partition coefficient (Wildman–Crippen LogP) is 2.20. The lowest BCUT2D eigenvalue weighted by Crippen LogP contribution is -1.99. The van der Waals surface area contributed by atoms with Gasteiger partial charge < -0.3 is 9.78 Å². The van der Waals surface area contributed by atoms with Gasteiger partial charge in [0, 0.05) is 11.4 Å². The molecule has 0 fully saturated rings. The highest BCUT2D eigenvalue weighted by Crippen LogP contribution is 2.24. The second-order valence-electron chi connectivity index (χ2n) is 3.86. The van der Waals surface area contributed by atoms with Crippen molar-refractivity contribution in [1.29, 1.82) is 0 Å². The van der Waals surface area contributed by atoms with E-state index < -0.39 is 0 Å². The van der Waals surface area contributed by atoms with Crippen LogP contribution in [-0.4, -0.2) is 11.3 Å². The van der Waals surface area contributed by atoms with Crippen molar-refractivity contribution in [2.75, 3.05) is 0 Å². The third-order valence-corrected chi connectivity index (χ3v) is 2.83. The normalized spacial score (nSPS) is 17.9. The molecular weight excluding hydrogens is 162 g/mol. The molecule has 13 heavy (non-hydrogen) atoms. The molecule has 1 N–H and O–H groups in total. The van der Waals surface area contributed by atoms with Gasteiger partial charge in [-0.05, 0) is 37.3 Å². The van der Waals surface area contributed by atoms with Crippen molar-refractivity contribution < 1.29 is 4.79 Å². The average molecular weight is 177 g/mol. The highest BCUT2D eigenvalue weighted by Gasteiger charge is 2.14. The van der Waals surface area contributed by atoms with E-state index in [1.165, 1.54) is 30.5 Å². The standard InChI is InChI=1S/C11H15NO/c1-8(7-13)11-6-9-4-2-3-5-10(9)12-11/h6-8,12H,2-5H2,1H3. The second kappa shape index (κ2) is 3.36. The maximum atomic E-state index is 10.6. The molecule has 1 aliphatic rings. The zero-order valence-electron chi connectivity index (χ0n) is 7.97. The van der Waals surface area contributed by atoms with Crippen LogP contribution in [0.15, 0.2) is 6.07 Å². The lowest BCUT2D eigenvalue weighted by molar-refractivity contribution is -0.108. The van der Waals surface area contributed by atoms with E-state index in [4.69, 9.17) is 0 Å². The Kier molecular flexibility index (Phi) is 2.21. The Morgan fingerprint density at radius 3 is 2.92 bits per heavy atom. The third kappa shape index (κ3) is 1.53. The smallest absolute Gasteiger partial charge is 0.128 e. The first-order valence-electron chi connectivity index (χ1n) is 4.97. The number of carbonyl (C=O) groups excluding carboxylic acids is 1. The quantitative estimate of drug-likeness (QED) is 0.690. The number of nitrogens with one attached hydrogen (secondary N) is 1. The number of fused-ring (bicyclic) bond motifs is 1. The first-order valence-corrected chi connectivity index (χ1v) is 4.97. The zero-order valence-corrected chi connectivity index (χ0v) is 7.97. The molecular formula is C11H15NO. The lowest BCUT2D eigenvalue weighted by atomic mass is 9.98. The predicted molar refractivity (Wildman–Crippen MR) is 51.9 cm³/mol. The molecule has 1 aliphatic carbocycles. The molecule has 0 radical (unpaired) electrons. The molecule has 1 aromatic heterocycles. The first-order chi connectivity index (χ1) is 6.31. The Labute approximate surface area is 78.4 Å². The molecule has 0 aliphatic heterocycles. The van der Waals surface area contributed by atoms with Crippen molar-refractivity contribution in [3.05, 3.63) is 23.0 Å². The summed E-state index contributed by atoms with van der Waals surface area (Å²) in [5.41, 5.74) is 3.87. The minimum Gasteiger partial charge on any atom is -0.361 e. The van der Waals surface area contributed by atoms with E-state index in [0.717, 1.165) is 18.4 Å². The lowest BCUT2D eigenvalue weighted by Gasteiger charge is -2.09. The molecule has 0 saturated carbocycles. The summed E-state index contributed by atoms with van der Waals surface area (Å²) < 4.78 is 0. The van der Waals surface area contributed by atoms with E-state index in [1.807, 2.05) is 6.92 Å². The van der Waals surface area contributed by atoms with Crippen LogP contribution in [-0.2, 0) is 17.6 Å². The van der Waals surface area contributed by atoms with E-state index in [0.29, 0.717) is 0 Å². The van der Waals surface area contributed by atoms with Gasteiger partial charge in [-0.1, -0.05) is 6.92 Å². The first kappa shape index (κ1) is 8.54. The van der Waals surface area contributed by atoms with Gasteiger partial charge in [0.05, 0.1) is 5.92 Å². The van der Waals surface area contributed by atoms with Crippen molar-refractivity contribution in [1.82, 2.24) is 4.98 Å². The summed E-state index contributed by atoms with van der Waals surface area (Å²) in [6.45, 7) is 1.93. The largest absolute Gasteiger partial charge is 0.361 e. The Hall–Kier alpha value is -1.05. The highest BCUT2D eigenvalue weighted by molar-refractivity contribution is 5.60. The summed E-state index contributed by atoms with van der Waals surface area (Å²) in [6.07, 6.45) is 5.90. The summed E-state index contributed by atoms with van der Waals surface area (Å²) in [5.74, 6) is 0.0191. The molecule has 0 spiro atoms. The summed E-state index contributed by atoms with van der Waals surface area (Å²) in [4.78, 5) is 14.0. The van der Waals surface area contributed by atoms with Crippen LogP contribution in [0.4, 0.5) is 0 Å². The summed E-state index contributed by atoms with van der Waals surface area (Å²) in [5, 5.41) is 0. The molecule has 2 nitrogen and oxygen atoms in total. The minimum absolute atomic E-state index is 0.0191. The topological polar surface area (TPSA) is 32.9 Å². The number of hydrogen-bond acceptors (Lipinski definition) is 1. The van der Waals surface area contributed by atoms with Gasteiger partial charge in [-0.25, -0.2) is 0 Å². The molecule has 0 saturated heterocycles. The van der Waals surface area contributed by atoms with Gasteiger partial charge in [0.2, 0.25) is 0 Å². The van der Waals surface area contributed by atoms with Crippen LogP contribution in [0.25, 0.3) is 0 Å². The van der Waals surface area contributed by atoms with Crippen LogP contribution >= 0.6 is 0 Å². The van der Waals surface area contributed by atoms with Crippen molar-refractivity contribution in [3.8, 4) is 0 Å². The molecule has 2 rings (SSSR count). The monoisotopic (exact) mass is 177 g/mol. The fourth-order valence-electron chi connectivity index (χ4n) is 1.95. The van der Waals surface area contributed by atoms with Gasteiger partial charge in [-0.15, -0.1) is 0 Å². The minimum atomic E-state index is 0.0191. The number of aldehydes is 1. The second-order valence-corrected chi connectivity index (χ2v) is 3.86. The number of hydrogen-bond donors (Lipinski definition) is 1. The molecule has 2 heteroatoms. The Bertz CT molecular complexity index is 290. The van der Waals surface area contributed by atoms with Crippen molar-refractivity contribution in [2.24, 2.45) is 0 Å². The van der Waals surface area contributed by atoms with Crippen LogP contribution in [0.3, 0.4) is 0 Å². The maximum Gasteiger partial charge on any atom is 0.128 e. The number of aryl methyl sites for hydroxylation is 2. The van der Waals surface area contributed by atoms with Crippen molar-refractivity contribution in [3.63, 3.8) is 0 Å². The van der Waals surface area contributed by atoms with Crippen LogP contribution < -0.4 is 0 Å². The Morgan fingerprint density at radius 1 is 1.46 bits per heavy atom. The average Bonchev–Trinajstić information content (AvgIpc) is 2.59. The SMILES string of the molecule is CC(C=O)c1cc2c([nH]1)CCCC2. The number of rotatable bonds is 2. The van der Waals surface area contributed by atoms with Crippen LogP contribution in [0.5, 0.6) is 0 Å². The number of aromatic nitrogens is 1. The van der Waals surface area contributed by atoms with Gasteiger partial charge in [0.15, 0.2) is 0 Å². The van der Waals surface area contributed by atoms with Crippen LogP contribution in [0.2, 0.25) is 0 Å². The van der Waals surface area contributed by atoms with E-state index in [2.05, 4.69) is 11.1 Å². The van der Waals surface area contributed by atoms with E-state index in [-0.39, 0.29) is 5.92 Å². The summed E-state index contributed by atoms with van der Waals surface area (Å²) in [7, 11) is 0. The molecule has 0 aromatic carbocycles. The van der Waals surface area contributed by atoms with Gasteiger partial charge in [0.25, 0.3) is 0 Å². The molecule has 1 atom stereocenters. The van der Waals surface area contributed by atoms with E-state index >= 15 is 0 Å². The van der Waals surface area contributed by atoms with Crippen molar-refractivity contribution >= 4 is 6.29 Å². The third-order valence-electron chi connectivity index (χ3n) is 2.83. The zero-order chi connectivity index (χ0) is 9.26. The van der Waals surface area contributed by atoms with Crippen molar-refractivity contribution in [2.45, 2.75) is 38.5 Å². The van der Waals surface area contributed by atoms with Gasteiger partial charge in [0.1, 0.15) is 6.29 Å². The fraction of sp³-hybridized carbons (Fsp3) is 0.545. The maximum absolute atomic E-state index is 10.6. The molecule has 1 unspecified atom stereocenters. The van der Waals surface area contributed by atoms with Gasteiger partial charge >= 0.3 is 0 Å². The van der Waals surface area contributed by atoms with E-state index in [9.17, 15) is 4.79 Å².